The number of nitrogens with two attached hydrogens (primary N) is 1. The molecule has 2 atom stereocenters. The topological polar surface area (TPSA) is 148 Å². The number of carboxylic acid groups (broad SMARTS) is 1. The molecule has 1 rings (SSSR count). The van der Waals surface area contributed by atoms with Crippen molar-refractivity contribution in [3.63, 3.8) is 0 Å². The van der Waals surface area contributed by atoms with Crippen LogP contribution in [0.2, 0.25) is 0 Å². The van der Waals surface area contributed by atoms with Gasteiger partial charge in [0.25, 0.3) is 0 Å². The van der Waals surface area contributed by atoms with Crippen LogP contribution in [0.5, 0.6) is 0 Å². The Balaban J connectivity index is 3.01. The van der Waals surface area contributed by atoms with E-state index in [1.54, 1.807) is 39.8 Å². The first-order valence-electron chi connectivity index (χ1n) is 8.41. The summed E-state index contributed by atoms with van der Waals surface area (Å²) < 4.78 is 30.4. The number of hydrogen-bond donors (Lipinski definition) is 4. The zero-order valence-corrected chi connectivity index (χ0v) is 16.7. The van der Waals surface area contributed by atoms with E-state index in [4.69, 9.17) is 10.5 Å². The van der Waals surface area contributed by atoms with Crippen LogP contribution in [0.4, 0.5) is 10.5 Å². The van der Waals surface area contributed by atoms with Gasteiger partial charge in [0, 0.05) is 11.6 Å². The van der Waals surface area contributed by atoms with Crippen molar-refractivity contribution >= 4 is 27.8 Å². The summed E-state index contributed by atoms with van der Waals surface area (Å²) in [5, 5.41) is 11.9. The lowest BCUT2D eigenvalue weighted by molar-refractivity contribution is -0.140. The molecule has 9 nitrogen and oxygen atoms in total. The maximum atomic E-state index is 12.0. The van der Waals surface area contributed by atoms with Crippen LogP contribution >= 0.6 is 0 Å². The van der Waals surface area contributed by atoms with Gasteiger partial charge in [-0.2, -0.15) is 0 Å². The third kappa shape index (κ3) is 7.43. The second-order valence-corrected chi connectivity index (χ2v) is 8.75. The number of carbonyl (C=O) groups is 2. The molecule has 0 bridgehead atoms. The van der Waals surface area contributed by atoms with Crippen LogP contribution < -0.4 is 15.8 Å². The smallest absolute Gasteiger partial charge is 0.408 e. The molecule has 0 spiro atoms. The largest absolute Gasteiger partial charge is 0.480 e. The predicted octanol–water partition coefficient (Wildman–Crippen LogP) is 1.82. The fourth-order valence-corrected chi connectivity index (χ4v) is 3.03. The lowest BCUT2D eigenvalue weighted by Crippen LogP contribution is -2.46. The predicted molar refractivity (Wildman–Crippen MR) is 102 cm³/mol. The number of aliphatic carboxylic acids is 1. The van der Waals surface area contributed by atoms with Crippen molar-refractivity contribution < 1.29 is 27.9 Å². The summed E-state index contributed by atoms with van der Waals surface area (Å²) in [6.07, 6.45) is -0.388. The third-order valence-corrected chi connectivity index (χ3v) is 4.60. The summed E-state index contributed by atoms with van der Waals surface area (Å²) in [7, 11) is -3.61. The molecule has 27 heavy (non-hydrogen) atoms. The molecule has 0 fully saturated rings. The molecular formula is C17H27N3O6S. The van der Waals surface area contributed by atoms with Crippen LogP contribution in [0, 0.1) is 0 Å². The number of hydrogen-bond acceptors (Lipinski definition) is 6. The molecule has 0 aliphatic rings. The van der Waals surface area contributed by atoms with Gasteiger partial charge in [0.1, 0.15) is 17.5 Å². The molecule has 2 unspecified atom stereocenters. The maximum absolute atomic E-state index is 12.0. The first kappa shape index (κ1) is 22.7. The molecule has 0 saturated carbocycles. The molecule has 10 heteroatoms. The Morgan fingerprint density at radius 3 is 2.19 bits per heavy atom. The fraction of sp³-hybridized carbons (Fsp3) is 0.529. The Hall–Kier alpha value is -2.33. The summed E-state index contributed by atoms with van der Waals surface area (Å²) in [6, 6.07) is 5.04. The van der Waals surface area contributed by atoms with Crippen LogP contribution in [0.25, 0.3) is 0 Å². The van der Waals surface area contributed by atoms with Crippen molar-refractivity contribution in [2.45, 2.75) is 51.7 Å². The van der Waals surface area contributed by atoms with Crippen molar-refractivity contribution in [1.82, 2.24) is 5.32 Å². The zero-order chi connectivity index (χ0) is 20.8. The number of carboxylic acids is 1. The molecule has 152 valence electrons. The van der Waals surface area contributed by atoms with Gasteiger partial charge in [-0.3, -0.25) is 4.72 Å². The Morgan fingerprint density at radius 1 is 1.22 bits per heavy atom. The number of rotatable bonds is 8. The Bertz CT molecular complexity index is 756. The number of benzene rings is 1. The van der Waals surface area contributed by atoms with Gasteiger partial charge in [0.15, 0.2) is 0 Å². The molecule has 1 aromatic rings. The van der Waals surface area contributed by atoms with Crippen molar-refractivity contribution in [2.24, 2.45) is 5.73 Å². The van der Waals surface area contributed by atoms with Crippen LogP contribution in [0.1, 0.15) is 45.6 Å². The van der Waals surface area contributed by atoms with E-state index in [2.05, 4.69) is 10.0 Å². The van der Waals surface area contributed by atoms with Gasteiger partial charge in [-0.05, 0) is 44.9 Å². The zero-order valence-electron chi connectivity index (χ0n) is 15.9. The number of carbonyl (C=O) groups excluding carboxylic acids is 1. The summed E-state index contributed by atoms with van der Waals surface area (Å²) in [5.74, 6) is -2.27. The number of sulfonamides is 1. The number of ether oxygens (including phenoxy) is 1. The van der Waals surface area contributed by atoms with Gasteiger partial charge in [-0.1, -0.05) is 19.1 Å². The lowest BCUT2D eigenvalue weighted by atomic mass is 9.89. The van der Waals surface area contributed by atoms with E-state index >= 15 is 0 Å². The molecule has 0 saturated heterocycles. The van der Waals surface area contributed by atoms with Gasteiger partial charge in [0.2, 0.25) is 10.0 Å². The van der Waals surface area contributed by atoms with E-state index < -0.39 is 45.5 Å². The second-order valence-electron chi connectivity index (χ2n) is 6.98. The number of alkyl carbamates (subject to hydrolysis) is 1. The van der Waals surface area contributed by atoms with Gasteiger partial charge in [-0.25, -0.2) is 18.0 Å². The minimum absolute atomic E-state index is 0.311. The van der Waals surface area contributed by atoms with Gasteiger partial charge in [0.05, 0.1) is 0 Å². The average Bonchev–Trinajstić information content (AvgIpc) is 2.54. The minimum atomic E-state index is -3.61. The van der Waals surface area contributed by atoms with E-state index in [9.17, 15) is 23.1 Å². The molecule has 1 aromatic carbocycles. The molecule has 0 aliphatic carbocycles. The first-order chi connectivity index (χ1) is 12.4. The Kier molecular flexibility index (Phi) is 7.61. The van der Waals surface area contributed by atoms with Crippen molar-refractivity contribution in [2.75, 3.05) is 10.6 Å². The van der Waals surface area contributed by atoms with Crippen molar-refractivity contribution in [3.8, 4) is 0 Å². The Labute approximate surface area is 159 Å². The highest BCUT2D eigenvalue weighted by molar-refractivity contribution is 7.92. The molecule has 1 amide bonds. The van der Waals surface area contributed by atoms with Crippen LogP contribution in [0.3, 0.4) is 0 Å². The van der Waals surface area contributed by atoms with Crippen LogP contribution in [-0.4, -0.2) is 43.1 Å². The molecule has 0 aromatic heterocycles. The van der Waals surface area contributed by atoms with E-state index in [1.165, 1.54) is 12.1 Å². The number of anilines is 1. The number of amides is 1. The first-order valence-corrected chi connectivity index (χ1v) is 10.1. The standard InChI is InChI=1S/C17H27N3O6S/c1-5-13(14(15(21)22)19-16(23)26-17(2,3)4)11-6-8-12(9-7-11)20-27(24,25)10-18/h6-9,13-14,20H,5,10,18H2,1-4H3,(H,19,23)(H,21,22). The van der Waals surface area contributed by atoms with Gasteiger partial charge < -0.3 is 20.9 Å². The highest BCUT2D eigenvalue weighted by Gasteiger charge is 2.31. The number of nitrogens with one attached hydrogen (secondary N) is 2. The maximum Gasteiger partial charge on any atom is 0.408 e. The second kappa shape index (κ2) is 9.05. The minimum Gasteiger partial charge on any atom is -0.480 e. The third-order valence-electron chi connectivity index (χ3n) is 3.61. The van der Waals surface area contributed by atoms with Crippen molar-refractivity contribution in [1.29, 1.82) is 0 Å². The van der Waals surface area contributed by atoms with E-state index in [1.807, 2.05) is 0 Å². The van der Waals surface area contributed by atoms with E-state index in [0.717, 1.165) is 0 Å². The monoisotopic (exact) mass is 401 g/mol. The SMILES string of the molecule is CCC(c1ccc(NS(=O)(=O)CN)cc1)C(NC(=O)OC(C)(C)C)C(=O)O. The van der Waals surface area contributed by atoms with Crippen molar-refractivity contribution in [3.05, 3.63) is 29.8 Å². The van der Waals surface area contributed by atoms with Crippen LogP contribution in [-0.2, 0) is 19.6 Å². The highest BCUT2D eigenvalue weighted by Crippen LogP contribution is 2.26. The quantitative estimate of drug-likeness (QED) is 0.519. The average molecular weight is 401 g/mol. The molecular weight excluding hydrogens is 374 g/mol. The van der Waals surface area contributed by atoms with E-state index in [0.29, 0.717) is 17.7 Å². The van der Waals surface area contributed by atoms with Gasteiger partial charge in [-0.15, -0.1) is 0 Å². The highest BCUT2D eigenvalue weighted by atomic mass is 32.2. The molecule has 0 heterocycles. The molecule has 0 radical (unpaired) electrons. The molecule has 0 aliphatic heterocycles. The summed E-state index contributed by atoms with van der Waals surface area (Å²) in [6.45, 7) is 6.84. The molecule has 5 N–H and O–H groups in total. The summed E-state index contributed by atoms with van der Waals surface area (Å²) in [5.41, 5.74) is 5.34. The normalized spacial score (nSPS) is 14.1. The Morgan fingerprint density at radius 2 is 1.78 bits per heavy atom. The van der Waals surface area contributed by atoms with Crippen LogP contribution in [0.15, 0.2) is 24.3 Å². The van der Waals surface area contributed by atoms with Gasteiger partial charge >= 0.3 is 12.1 Å². The van der Waals surface area contributed by atoms with E-state index in [-0.39, 0.29) is 0 Å². The lowest BCUT2D eigenvalue weighted by Gasteiger charge is -2.26. The fourth-order valence-electron chi connectivity index (χ4n) is 2.45. The summed E-state index contributed by atoms with van der Waals surface area (Å²) in [4.78, 5) is 23.7. The summed E-state index contributed by atoms with van der Waals surface area (Å²) >= 11 is 0.